The SMILES string of the molecule is C[C@@H](Cc1cnccn1)N(C)Cc1c(F)cccc1Cl. The number of hydrogen-bond donors (Lipinski definition) is 0. The molecule has 2 rings (SSSR count). The number of nitrogens with zero attached hydrogens (tertiary/aromatic N) is 3. The van der Waals surface area contributed by atoms with E-state index in [1.165, 1.54) is 6.07 Å². The second-order valence-electron chi connectivity index (χ2n) is 4.87. The minimum Gasteiger partial charge on any atom is -0.299 e. The van der Waals surface area contributed by atoms with Crippen LogP contribution in [-0.2, 0) is 13.0 Å². The van der Waals surface area contributed by atoms with Crippen molar-refractivity contribution in [1.82, 2.24) is 14.9 Å². The molecule has 0 N–H and O–H groups in total. The summed E-state index contributed by atoms with van der Waals surface area (Å²) in [7, 11) is 1.95. The van der Waals surface area contributed by atoms with E-state index in [4.69, 9.17) is 11.6 Å². The molecule has 0 spiro atoms. The first-order valence-electron chi connectivity index (χ1n) is 6.46. The summed E-state index contributed by atoms with van der Waals surface area (Å²) in [5.41, 5.74) is 1.45. The molecule has 0 amide bonds. The van der Waals surface area contributed by atoms with E-state index < -0.39 is 0 Å². The molecule has 5 heteroatoms. The molecule has 0 fully saturated rings. The molecular formula is C15H17ClFN3. The lowest BCUT2D eigenvalue weighted by molar-refractivity contribution is 0.243. The molecule has 0 unspecified atom stereocenters. The molecule has 1 aromatic carbocycles. The molecule has 3 nitrogen and oxygen atoms in total. The van der Waals surface area contributed by atoms with E-state index in [0.29, 0.717) is 17.1 Å². The molecule has 0 aliphatic heterocycles. The van der Waals surface area contributed by atoms with E-state index in [2.05, 4.69) is 21.8 Å². The molecule has 20 heavy (non-hydrogen) atoms. The Kier molecular flexibility index (Phi) is 5.04. The van der Waals surface area contributed by atoms with Crippen LogP contribution in [0.4, 0.5) is 4.39 Å². The van der Waals surface area contributed by atoms with Crippen LogP contribution in [0.1, 0.15) is 18.2 Å². The van der Waals surface area contributed by atoms with Crippen LogP contribution in [0, 0.1) is 5.82 Å². The van der Waals surface area contributed by atoms with Crippen molar-refractivity contribution in [1.29, 1.82) is 0 Å². The predicted molar refractivity (Wildman–Crippen MR) is 78.1 cm³/mol. The maximum Gasteiger partial charge on any atom is 0.129 e. The Balaban J connectivity index is 2.02. The third-order valence-electron chi connectivity index (χ3n) is 3.34. The predicted octanol–water partition coefficient (Wildman–Crippen LogP) is 3.33. The lowest BCUT2D eigenvalue weighted by atomic mass is 10.1. The Morgan fingerprint density at radius 1 is 1.35 bits per heavy atom. The quantitative estimate of drug-likeness (QED) is 0.847. The van der Waals surface area contributed by atoms with Gasteiger partial charge >= 0.3 is 0 Å². The standard InChI is InChI=1S/C15H17ClFN3/c1-11(8-12-9-18-6-7-19-12)20(2)10-13-14(16)4-3-5-15(13)17/h3-7,9,11H,8,10H2,1-2H3/t11-/m0/s1. The third-order valence-corrected chi connectivity index (χ3v) is 3.70. The monoisotopic (exact) mass is 293 g/mol. The second-order valence-corrected chi connectivity index (χ2v) is 5.27. The van der Waals surface area contributed by atoms with Gasteiger partial charge in [0.25, 0.3) is 0 Å². The second kappa shape index (κ2) is 6.77. The van der Waals surface area contributed by atoms with Gasteiger partial charge in [-0.3, -0.25) is 14.9 Å². The summed E-state index contributed by atoms with van der Waals surface area (Å²) in [4.78, 5) is 10.4. The molecular weight excluding hydrogens is 277 g/mol. The van der Waals surface area contributed by atoms with Crippen molar-refractivity contribution in [3.63, 3.8) is 0 Å². The molecule has 0 saturated heterocycles. The normalized spacial score (nSPS) is 12.7. The van der Waals surface area contributed by atoms with Crippen LogP contribution in [-0.4, -0.2) is 28.0 Å². The largest absolute Gasteiger partial charge is 0.299 e. The van der Waals surface area contributed by atoms with Crippen molar-refractivity contribution in [3.05, 3.63) is 58.9 Å². The first-order valence-corrected chi connectivity index (χ1v) is 6.83. The first kappa shape index (κ1) is 14.9. The van der Waals surface area contributed by atoms with E-state index in [1.807, 2.05) is 7.05 Å². The molecule has 1 aromatic heterocycles. The topological polar surface area (TPSA) is 29.0 Å². The Bertz CT molecular complexity index is 542. The molecule has 106 valence electrons. The number of likely N-dealkylation sites (N-methyl/N-ethyl adjacent to an activating group) is 1. The molecule has 1 atom stereocenters. The highest BCUT2D eigenvalue weighted by Crippen LogP contribution is 2.21. The van der Waals surface area contributed by atoms with Crippen molar-refractivity contribution in [2.45, 2.75) is 25.9 Å². The van der Waals surface area contributed by atoms with E-state index >= 15 is 0 Å². The summed E-state index contributed by atoms with van der Waals surface area (Å²) in [6.07, 6.45) is 5.84. The minimum absolute atomic E-state index is 0.211. The zero-order chi connectivity index (χ0) is 14.5. The van der Waals surface area contributed by atoms with Crippen LogP contribution in [0.2, 0.25) is 5.02 Å². The van der Waals surface area contributed by atoms with E-state index in [9.17, 15) is 4.39 Å². The van der Waals surface area contributed by atoms with Crippen molar-refractivity contribution < 1.29 is 4.39 Å². The van der Waals surface area contributed by atoms with E-state index in [0.717, 1.165) is 12.1 Å². The van der Waals surface area contributed by atoms with Gasteiger partial charge in [0.1, 0.15) is 5.82 Å². The Morgan fingerprint density at radius 3 is 2.80 bits per heavy atom. The molecule has 2 aromatic rings. The lowest BCUT2D eigenvalue weighted by Crippen LogP contribution is -2.31. The van der Waals surface area contributed by atoms with Gasteiger partial charge in [-0.2, -0.15) is 0 Å². The fourth-order valence-electron chi connectivity index (χ4n) is 1.98. The van der Waals surface area contributed by atoms with Crippen LogP contribution in [0.5, 0.6) is 0 Å². The summed E-state index contributed by atoms with van der Waals surface area (Å²) in [6, 6.07) is 4.97. The molecule has 0 bridgehead atoms. The number of rotatable bonds is 5. The zero-order valence-corrected chi connectivity index (χ0v) is 12.3. The smallest absolute Gasteiger partial charge is 0.129 e. The highest BCUT2D eigenvalue weighted by molar-refractivity contribution is 6.31. The Labute approximate surface area is 123 Å². The van der Waals surface area contributed by atoms with Gasteiger partial charge in [-0.1, -0.05) is 17.7 Å². The first-order chi connectivity index (χ1) is 9.58. The Morgan fingerprint density at radius 2 is 2.15 bits per heavy atom. The molecule has 0 aliphatic rings. The average Bonchev–Trinajstić information content (AvgIpc) is 2.44. The molecule has 1 heterocycles. The number of benzene rings is 1. The fourth-order valence-corrected chi connectivity index (χ4v) is 2.21. The van der Waals surface area contributed by atoms with Gasteiger partial charge in [0, 0.05) is 48.2 Å². The zero-order valence-electron chi connectivity index (χ0n) is 11.6. The maximum absolute atomic E-state index is 13.8. The van der Waals surface area contributed by atoms with E-state index in [-0.39, 0.29) is 11.9 Å². The number of aromatic nitrogens is 2. The van der Waals surface area contributed by atoms with Crippen molar-refractivity contribution in [3.8, 4) is 0 Å². The highest BCUT2D eigenvalue weighted by Gasteiger charge is 2.15. The van der Waals surface area contributed by atoms with Crippen LogP contribution in [0.3, 0.4) is 0 Å². The molecule has 0 radical (unpaired) electrons. The maximum atomic E-state index is 13.8. The van der Waals surface area contributed by atoms with E-state index in [1.54, 1.807) is 30.7 Å². The molecule has 0 aliphatic carbocycles. The Hall–Kier alpha value is -1.52. The van der Waals surface area contributed by atoms with Gasteiger partial charge < -0.3 is 0 Å². The van der Waals surface area contributed by atoms with Crippen molar-refractivity contribution in [2.75, 3.05) is 7.05 Å². The lowest BCUT2D eigenvalue weighted by Gasteiger charge is -2.25. The molecule has 0 saturated carbocycles. The van der Waals surface area contributed by atoms with Gasteiger partial charge in [0.2, 0.25) is 0 Å². The van der Waals surface area contributed by atoms with Gasteiger partial charge in [-0.25, -0.2) is 4.39 Å². The highest BCUT2D eigenvalue weighted by atomic mass is 35.5. The van der Waals surface area contributed by atoms with Crippen LogP contribution < -0.4 is 0 Å². The van der Waals surface area contributed by atoms with Crippen LogP contribution in [0.15, 0.2) is 36.8 Å². The van der Waals surface area contributed by atoms with Crippen molar-refractivity contribution >= 4 is 11.6 Å². The summed E-state index contributed by atoms with van der Waals surface area (Å²) in [6.45, 7) is 2.54. The summed E-state index contributed by atoms with van der Waals surface area (Å²) >= 11 is 6.05. The third kappa shape index (κ3) is 3.74. The average molecular weight is 294 g/mol. The number of hydrogen-bond acceptors (Lipinski definition) is 3. The van der Waals surface area contributed by atoms with Gasteiger partial charge in [0.15, 0.2) is 0 Å². The van der Waals surface area contributed by atoms with Gasteiger partial charge in [-0.15, -0.1) is 0 Å². The van der Waals surface area contributed by atoms with Gasteiger partial charge in [-0.05, 0) is 26.1 Å². The van der Waals surface area contributed by atoms with Crippen LogP contribution >= 0.6 is 11.6 Å². The fraction of sp³-hybridized carbons (Fsp3) is 0.333. The minimum atomic E-state index is -0.268. The van der Waals surface area contributed by atoms with Crippen molar-refractivity contribution in [2.24, 2.45) is 0 Å². The number of halogens is 2. The van der Waals surface area contributed by atoms with Gasteiger partial charge in [0.05, 0.1) is 5.69 Å². The summed E-state index contributed by atoms with van der Waals surface area (Å²) in [5.74, 6) is -0.268. The summed E-state index contributed by atoms with van der Waals surface area (Å²) in [5, 5.41) is 0.462. The van der Waals surface area contributed by atoms with Crippen LogP contribution in [0.25, 0.3) is 0 Å². The summed E-state index contributed by atoms with van der Waals surface area (Å²) < 4.78 is 13.8.